The van der Waals surface area contributed by atoms with Gasteiger partial charge in [0.15, 0.2) is 11.5 Å². The van der Waals surface area contributed by atoms with Gasteiger partial charge in [0.1, 0.15) is 11.5 Å². The van der Waals surface area contributed by atoms with Crippen LogP contribution in [-0.2, 0) is 0 Å². The summed E-state index contributed by atoms with van der Waals surface area (Å²) in [6, 6.07) is 12.3. The lowest BCUT2D eigenvalue weighted by atomic mass is 10.0. The van der Waals surface area contributed by atoms with Crippen molar-refractivity contribution in [1.29, 1.82) is 0 Å². The Balaban J connectivity index is 1.46. The number of hydrogen-bond donors (Lipinski definition) is 1. The van der Waals surface area contributed by atoms with Crippen molar-refractivity contribution in [2.75, 3.05) is 52.3 Å². The fraction of sp³-hybridized carbons (Fsp3) is 0.280. The molecular weight excluding hydrogens is 402 g/mol. The SMILES string of the molecule is COc1ccc(-c2c[nH]c3ncc(-c4ccc(N5CCN(C)CC5)nc4)cc23)cc1OC. The number of methoxy groups -OCH3 is 2. The summed E-state index contributed by atoms with van der Waals surface area (Å²) in [5, 5.41) is 1.05. The van der Waals surface area contributed by atoms with Crippen molar-refractivity contribution >= 4 is 16.9 Å². The summed E-state index contributed by atoms with van der Waals surface area (Å²) >= 11 is 0. The first-order valence-corrected chi connectivity index (χ1v) is 10.8. The Morgan fingerprint density at radius 3 is 2.28 bits per heavy atom. The van der Waals surface area contributed by atoms with Crippen molar-refractivity contribution in [1.82, 2.24) is 19.9 Å². The van der Waals surface area contributed by atoms with E-state index in [1.807, 2.05) is 36.8 Å². The van der Waals surface area contributed by atoms with Gasteiger partial charge in [-0.25, -0.2) is 9.97 Å². The van der Waals surface area contributed by atoms with E-state index in [9.17, 15) is 0 Å². The second kappa shape index (κ2) is 8.51. The van der Waals surface area contributed by atoms with Gasteiger partial charge in [0, 0.05) is 66.8 Å². The van der Waals surface area contributed by atoms with Crippen LogP contribution in [0.15, 0.2) is 55.0 Å². The number of H-pyrrole nitrogens is 1. The minimum Gasteiger partial charge on any atom is -0.493 e. The molecule has 1 aliphatic heterocycles. The Labute approximate surface area is 187 Å². The van der Waals surface area contributed by atoms with Crippen molar-refractivity contribution in [2.45, 2.75) is 0 Å². The molecule has 0 unspecified atom stereocenters. The molecule has 1 fully saturated rings. The molecule has 4 heterocycles. The number of anilines is 1. The van der Waals surface area contributed by atoms with Crippen LogP contribution < -0.4 is 14.4 Å². The number of nitrogens with zero attached hydrogens (tertiary/aromatic N) is 4. The third kappa shape index (κ3) is 3.76. The summed E-state index contributed by atoms with van der Waals surface area (Å²) in [7, 11) is 5.45. The second-order valence-electron chi connectivity index (χ2n) is 8.09. The molecule has 0 amide bonds. The highest BCUT2D eigenvalue weighted by atomic mass is 16.5. The van der Waals surface area contributed by atoms with Crippen LogP contribution in [-0.4, -0.2) is 67.3 Å². The van der Waals surface area contributed by atoms with Crippen LogP contribution in [0.3, 0.4) is 0 Å². The summed E-state index contributed by atoms with van der Waals surface area (Å²) in [5.74, 6) is 2.44. The first-order valence-electron chi connectivity index (χ1n) is 10.8. The average molecular weight is 430 g/mol. The fourth-order valence-corrected chi connectivity index (χ4v) is 4.18. The molecule has 164 valence electrons. The maximum Gasteiger partial charge on any atom is 0.161 e. The average Bonchev–Trinajstić information content (AvgIpc) is 3.27. The molecule has 0 atom stereocenters. The Hall–Kier alpha value is -3.58. The van der Waals surface area contributed by atoms with Crippen LogP contribution in [0, 0.1) is 0 Å². The largest absolute Gasteiger partial charge is 0.493 e. The number of ether oxygens (including phenoxy) is 2. The molecule has 3 aromatic heterocycles. The fourth-order valence-electron chi connectivity index (χ4n) is 4.18. The van der Waals surface area contributed by atoms with E-state index in [-0.39, 0.29) is 0 Å². The van der Waals surface area contributed by atoms with Gasteiger partial charge in [-0.15, -0.1) is 0 Å². The van der Waals surface area contributed by atoms with Crippen molar-refractivity contribution in [3.8, 4) is 33.8 Å². The molecule has 4 aromatic rings. The summed E-state index contributed by atoms with van der Waals surface area (Å²) in [6.07, 6.45) is 5.82. The van der Waals surface area contributed by atoms with Crippen LogP contribution in [0.25, 0.3) is 33.3 Å². The van der Waals surface area contributed by atoms with Crippen LogP contribution in [0.4, 0.5) is 5.82 Å². The Kier molecular flexibility index (Phi) is 5.41. The molecule has 1 aromatic carbocycles. The number of pyridine rings is 2. The topological polar surface area (TPSA) is 66.5 Å². The number of hydrogen-bond acceptors (Lipinski definition) is 6. The predicted octanol–water partition coefficient (Wildman–Crippen LogP) is 4.06. The second-order valence-corrected chi connectivity index (χ2v) is 8.09. The number of benzene rings is 1. The molecule has 1 N–H and O–H groups in total. The zero-order valence-corrected chi connectivity index (χ0v) is 18.6. The lowest BCUT2D eigenvalue weighted by Gasteiger charge is -2.33. The van der Waals surface area contributed by atoms with Gasteiger partial charge < -0.3 is 24.3 Å². The molecular formula is C25H27N5O2. The molecule has 0 aliphatic carbocycles. The van der Waals surface area contributed by atoms with Gasteiger partial charge in [-0.1, -0.05) is 6.07 Å². The number of rotatable bonds is 5. The lowest BCUT2D eigenvalue weighted by molar-refractivity contribution is 0.312. The van der Waals surface area contributed by atoms with Gasteiger partial charge in [-0.05, 0) is 42.9 Å². The van der Waals surface area contributed by atoms with Crippen LogP contribution in [0.1, 0.15) is 0 Å². The highest BCUT2D eigenvalue weighted by Crippen LogP contribution is 2.36. The lowest BCUT2D eigenvalue weighted by Crippen LogP contribution is -2.44. The Morgan fingerprint density at radius 1 is 0.812 bits per heavy atom. The molecule has 5 rings (SSSR count). The Morgan fingerprint density at radius 2 is 1.56 bits per heavy atom. The number of likely N-dealkylation sites (N-methyl/N-ethyl adjacent to an activating group) is 1. The predicted molar refractivity (Wildman–Crippen MR) is 128 cm³/mol. The van der Waals surface area contributed by atoms with Crippen LogP contribution in [0.5, 0.6) is 11.5 Å². The third-order valence-corrected chi connectivity index (χ3v) is 6.13. The normalized spacial score (nSPS) is 14.7. The highest BCUT2D eigenvalue weighted by Gasteiger charge is 2.16. The number of nitrogens with one attached hydrogen (secondary N) is 1. The first kappa shape index (κ1) is 20.3. The van der Waals surface area contributed by atoms with Crippen molar-refractivity contribution in [3.05, 3.63) is 55.0 Å². The smallest absolute Gasteiger partial charge is 0.161 e. The molecule has 1 saturated heterocycles. The van der Waals surface area contributed by atoms with Gasteiger partial charge in [-0.2, -0.15) is 0 Å². The first-order chi connectivity index (χ1) is 15.7. The molecule has 0 spiro atoms. The molecule has 7 heteroatoms. The van der Waals surface area contributed by atoms with E-state index >= 15 is 0 Å². The minimum atomic E-state index is 0.701. The maximum absolute atomic E-state index is 5.48. The number of aromatic nitrogens is 3. The van der Waals surface area contributed by atoms with Crippen LogP contribution >= 0.6 is 0 Å². The number of fused-ring (bicyclic) bond motifs is 1. The Bertz CT molecular complexity index is 1230. The van der Waals surface area contributed by atoms with Crippen molar-refractivity contribution < 1.29 is 9.47 Å². The van der Waals surface area contributed by atoms with E-state index in [1.54, 1.807) is 14.2 Å². The van der Waals surface area contributed by atoms with E-state index in [1.165, 1.54) is 0 Å². The molecule has 7 nitrogen and oxygen atoms in total. The number of aromatic amines is 1. The van der Waals surface area contributed by atoms with Crippen molar-refractivity contribution in [3.63, 3.8) is 0 Å². The highest BCUT2D eigenvalue weighted by molar-refractivity contribution is 5.96. The van der Waals surface area contributed by atoms with E-state index in [2.05, 4.69) is 45.0 Å². The van der Waals surface area contributed by atoms with E-state index in [4.69, 9.17) is 14.5 Å². The molecule has 0 bridgehead atoms. The van der Waals surface area contributed by atoms with E-state index < -0.39 is 0 Å². The number of piperazine rings is 1. The van der Waals surface area contributed by atoms with E-state index in [0.29, 0.717) is 11.5 Å². The van der Waals surface area contributed by atoms with Crippen molar-refractivity contribution in [2.24, 2.45) is 0 Å². The standard InChI is InChI=1S/C25H27N5O2/c1-29-8-10-30(11-9-29)24-7-5-18(14-26-24)19-12-20-21(16-28-25(20)27-15-19)17-4-6-22(31-2)23(13-17)32-3/h4-7,12-16H,8-11H2,1-3H3,(H,27,28). The molecule has 1 aliphatic rings. The quantitative estimate of drug-likeness (QED) is 0.516. The summed E-state index contributed by atoms with van der Waals surface area (Å²) in [6.45, 7) is 4.15. The zero-order chi connectivity index (χ0) is 22.1. The molecule has 0 radical (unpaired) electrons. The minimum absolute atomic E-state index is 0.701. The van der Waals surface area contributed by atoms with Gasteiger partial charge in [0.05, 0.1) is 14.2 Å². The summed E-state index contributed by atoms with van der Waals surface area (Å²) in [4.78, 5) is 17.3. The summed E-state index contributed by atoms with van der Waals surface area (Å²) < 4.78 is 10.9. The maximum atomic E-state index is 5.48. The van der Waals surface area contributed by atoms with Gasteiger partial charge in [0.25, 0.3) is 0 Å². The van der Waals surface area contributed by atoms with Gasteiger partial charge in [-0.3, -0.25) is 0 Å². The molecule has 32 heavy (non-hydrogen) atoms. The van der Waals surface area contributed by atoms with Gasteiger partial charge >= 0.3 is 0 Å². The van der Waals surface area contributed by atoms with Crippen LogP contribution in [0.2, 0.25) is 0 Å². The third-order valence-electron chi connectivity index (χ3n) is 6.13. The van der Waals surface area contributed by atoms with E-state index in [0.717, 1.165) is 65.3 Å². The molecule has 0 saturated carbocycles. The zero-order valence-electron chi connectivity index (χ0n) is 18.6. The summed E-state index contributed by atoms with van der Waals surface area (Å²) in [5.41, 5.74) is 5.04. The van der Waals surface area contributed by atoms with Gasteiger partial charge in [0.2, 0.25) is 0 Å². The monoisotopic (exact) mass is 429 g/mol.